The summed E-state index contributed by atoms with van der Waals surface area (Å²) in [4.78, 5) is 22.6. The van der Waals surface area contributed by atoms with Gasteiger partial charge in [0, 0.05) is 14.1 Å². The van der Waals surface area contributed by atoms with Gasteiger partial charge in [0.05, 0.1) is 13.2 Å². The molecule has 0 radical (unpaired) electrons. The number of nitrogens with zero attached hydrogens (tertiary/aromatic N) is 2. The molecule has 0 unspecified atom stereocenters. The topological polar surface area (TPSA) is 68.2 Å². The van der Waals surface area contributed by atoms with Gasteiger partial charge in [0.2, 0.25) is 0 Å². The summed E-state index contributed by atoms with van der Waals surface area (Å²) in [5, 5.41) is 5.05. The summed E-state index contributed by atoms with van der Waals surface area (Å²) in [7, 11) is 3.19. The van der Waals surface area contributed by atoms with Gasteiger partial charge < -0.3 is 14.5 Å². The molecule has 0 aromatic rings. The van der Waals surface area contributed by atoms with Gasteiger partial charge in [-0.15, -0.1) is 0 Å². The quantitative estimate of drug-likeness (QED) is 0.281. The van der Waals surface area contributed by atoms with Gasteiger partial charge in [0.25, 0.3) is 5.71 Å². The first-order chi connectivity index (χ1) is 7.02. The van der Waals surface area contributed by atoms with Crippen molar-refractivity contribution < 1.29 is 19.1 Å². The standard InChI is InChI=1S/C9H16N2O4/c1-5-14-8(12)7(10-11(3)4)9(13)15-6-2/h5-6H2,1-4H3. The molecule has 0 aromatic carbocycles. The molecule has 0 amide bonds. The van der Waals surface area contributed by atoms with Gasteiger partial charge in [0.15, 0.2) is 0 Å². The maximum Gasteiger partial charge on any atom is 0.366 e. The monoisotopic (exact) mass is 216 g/mol. The van der Waals surface area contributed by atoms with Crippen LogP contribution < -0.4 is 0 Å². The van der Waals surface area contributed by atoms with Crippen LogP contribution in [0.5, 0.6) is 0 Å². The number of esters is 2. The summed E-state index contributed by atoms with van der Waals surface area (Å²) in [6.45, 7) is 3.67. The van der Waals surface area contributed by atoms with Gasteiger partial charge in [-0.05, 0) is 13.8 Å². The van der Waals surface area contributed by atoms with E-state index in [1.165, 1.54) is 5.01 Å². The molecule has 0 atom stereocenters. The molecule has 0 spiro atoms. The number of hydrogen-bond acceptors (Lipinski definition) is 6. The zero-order valence-electron chi connectivity index (χ0n) is 9.44. The molecule has 6 heteroatoms. The van der Waals surface area contributed by atoms with Crippen molar-refractivity contribution in [2.45, 2.75) is 13.8 Å². The lowest BCUT2D eigenvalue weighted by Gasteiger charge is -2.08. The van der Waals surface area contributed by atoms with E-state index in [4.69, 9.17) is 0 Å². The van der Waals surface area contributed by atoms with Crippen LogP contribution in [0, 0.1) is 0 Å². The van der Waals surface area contributed by atoms with E-state index in [2.05, 4.69) is 14.6 Å². The normalized spacial score (nSPS) is 9.07. The van der Waals surface area contributed by atoms with Crippen molar-refractivity contribution in [1.29, 1.82) is 0 Å². The molecule has 0 aliphatic heterocycles. The Morgan fingerprint density at radius 3 is 1.73 bits per heavy atom. The molecule has 0 N–H and O–H groups in total. The molecule has 0 rings (SSSR count). The molecule has 0 fully saturated rings. The van der Waals surface area contributed by atoms with E-state index in [0.717, 1.165) is 0 Å². The van der Waals surface area contributed by atoms with Gasteiger partial charge >= 0.3 is 11.9 Å². The summed E-state index contributed by atoms with van der Waals surface area (Å²) in [5.74, 6) is -1.55. The molecule has 0 aliphatic rings. The third kappa shape index (κ3) is 4.99. The Bertz CT molecular complexity index is 241. The Balaban J connectivity index is 4.73. The number of hydrazone groups is 1. The summed E-state index contributed by atoms with van der Waals surface area (Å²) >= 11 is 0. The number of carbonyl (C=O) groups is 2. The number of rotatable bonds is 5. The summed E-state index contributed by atoms with van der Waals surface area (Å²) < 4.78 is 9.35. The molecular formula is C9H16N2O4. The van der Waals surface area contributed by atoms with E-state index in [1.807, 2.05) is 0 Å². The Morgan fingerprint density at radius 1 is 1.07 bits per heavy atom. The van der Waals surface area contributed by atoms with Crippen LogP contribution in [-0.4, -0.2) is 50.0 Å². The first kappa shape index (κ1) is 13.4. The van der Waals surface area contributed by atoms with Crippen molar-refractivity contribution >= 4 is 17.7 Å². The zero-order valence-corrected chi connectivity index (χ0v) is 9.44. The number of hydrogen-bond donors (Lipinski definition) is 0. The molecule has 0 bridgehead atoms. The van der Waals surface area contributed by atoms with Crippen LogP contribution in [0.4, 0.5) is 0 Å². The highest BCUT2D eigenvalue weighted by molar-refractivity contribution is 6.62. The minimum atomic E-state index is -0.773. The van der Waals surface area contributed by atoms with Gasteiger partial charge in [0.1, 0.15) is 0 Å². The minimum Gasteiger partial charge on any atom is -0.461 e. The van der Waals surface area contributed by atoms with Gasteiger partial charge in [-0.3, -0.25) is 0 Å². The first-order valence-corrected chi connectivity index (χ1v) is 4.63. The molecule has 6 nitrogen and oxygen atoms in total. The highest BCUT2D eigenvalue weighted by Gasteiger charge is 2.23. The van der Waals surface area contributed by atoms with E-state index in [0.29, 0.717) is 0 Å². The van der Waals surface area contributed by atoms with Crippen LogP contribution in [0.3, 0.4) is 0 Å². The molecule has 0 aliphatic carbocycles. The van der Waals surface area contributed by atoms with E-state index in [1.54, 1.807) is 27.9 Å². The van der Waals surface area contributed by atoms with Crippen molar-refractivity contribution in [1.82, 2.24) is 5.01 Å². The van der Waals surface area contributed by atoms with Gasteiger partial charge in [-0.25, -0.2) is 9.59 Å². The number of ether oxygens (including phenoxy) is 2. The maximum atomic E-state index is 11.3. The summed E-state index contributed by atoms with van der Waals surface area (Å²) in [5.41, 5.74) is -0.344. The Morgan fingerprint density at radius 2 is 1.47 bits per heavy atom. The summed E-state index contributed by atoms with van der Waals surface area (Å²) in [6, 6.07) is 0. The second-order valence-corrected chi connectivity index (χ2v) is 2.74. The lowest BCUT2D eigenvalue weighted by atomic mass is 10.4. The van der Waals surface area contributed by atoms with Gasteiger partial charge in [-0.2, -0.15) is 5.10 Å². The predicted octanol–water partition coefficient (Wildman–Crippen LogP) is 0.0302. The lowest BCUT2D eigenvalue weighted by molar-refractivity contribution is -0.140. The van der Waals surface area contributed by atoms with E-state index in [9.17, 15) is 9.59 Å². The second-order valence-electron chi connectivity index (χ2n) is 2.74. The van der Waals surface area contributed by atoms with Crippen LogP contribution in [0.2, 0.25) is 0 Å². The third-order valence-electron chi connectivity index (χ3n) is 1.24. The largest absolute Gasteiger partial charge is 0.461 e. The van der Waals surface area contributed by atoms with Crippen molar-refractivity contribution in [2.75, 3.05) is 27.3 Å². The molecule has 86 valence electrons. The Kier molecular flexibility index (Phi) is 6.08. The van der Waals surface area contributed by atoms with Crippen LogP contribution in [0.25, 0.3) is 0 Å². The molecule has 0 heterocycles. The van der Waals surface area contributed by atoms with Crippen molar-refractivity contribution in [3.05, 3.63) is 0 Å². The van der Waals surface area contributed by atoms with Gasteiger partial charge in [-0.1, -0.05) is 0 Å². The third-order valence-corrected chi connectivity index (χ3v) is 1.24. The highest BCUT2D eigenvalue weighted by atomic mass is 16.6. The maximum absolute atomic E-state index is 11.3. The van der Waals surface area contributed by atoms with Crippen LogP contribution in [-0.2, 0) is 19.1 Å². The van der Waals surface area contributed by atoms with E-state index in [-0.39, 0.29) is 18.9 Å². The van der Waals surface area contributed by atoms with Crippen molar-refractivity contribution in [3.63, 3.8) is 0 Å². The fraction of sp³-hybridized carbons (Fsp3) is 0.667. The fourth-order valence-electron chi connectivity index (χ4n) is 0.764. The summed E-state index contributed by atoms with van der Waals surface area (Å²) in [6.07, 6.45) is 0. The lowest BCUT2D eigenvalue weighted by Crippen LogP contribution is -2.30. The predicted molar refractivity (Wildman–Crippen MR) is 54.4 cm³/mol. The molecule has 0 saturated heterocycles. The molecular weight excluding hydrogens is 200 g/mol. The van der Waals surface area contributed by atoms with E-state index < -0.39 is 11.9 Å². The second kappa shape index (κ2) is 6.80. The van der Waals surface area contributed by atoms with Crippen LogP contribution in [0.1, 0.15) is 13.8 Å². The Labute approximate surface area is 88.8 Å². The minimum absolute atomic E-state index is 0.185. The van der Waals surface area contributed by atoms with Crippen LogP contribution in [0.15, 0.2) is 5.10 Å². The first-order valence-electron chi connectivity index (χ1n) is 4.63. The zero-order chi connectivity index (χ0) is 11.8. The van der Waals surface area contributed by atoms with Crippen molar-refractivity contribution in [2.24, 2.45) is 5.10 Å². The molecule has 0 saturated carbocycles. The highest BCUT2D eigenvalue weighted by Crippen LogP contribution is 1.92. The smallest absolute Gasteiger partial charge is 0.366 e. The SMILES string of the molecule is CCOC(=O)C(=NN(C)C)C(=O)OCC. The average Bonchev–Trinajstić information content (AvgIpc) is 2.14. The van der Waals surface area contributed by atoms with Crippen LogP contribution >= 0.6 is 0 Å². The molecule has 0 aromatic heterocycles. The molecule has 15 heavy (non-hydrogen) atoms. The van der Waals surface area contributed by atoms with E-state index >= 15 is 0 Å². The number of carbonyl (C=O) groups excluding carboxylic acids is 2. The van der Waals surface area contributed by atoms with Crippen molar-refractivity contribution in [3.8, 4) is 0 Å². The average molecular weight is 216 g/mol. The Hall–Kier alpha value is -1.59. The fourth-order valence-corrected chi connectivity index (χ4v) is 0.764.